The summed E-state index contributed by atoms with van der Waals surface area (Å²) in [4.78, 5) is 11.9. The number of rotatable bonds is 3. The van der Waals surface area contributed by atoms with Gasteiger partial charge in [-0.25, -0.2) is 0 Å². The van der Waals surface area contributed by atoms with Crippen molar-refractivity contribution < 1.29 is 14.3 Å². The van der Waals surface area contributed by atoms with Gasteiger partial charge in [-0.1, -0.05) is 0 Å². The Hall–Kier alpha value is -1.46. The predicted octanol–water partition coefficient (Wildman–Crippen LogP) is 1.35. The Morgan fingerprint density at radius 1 is 1.32 bits per heavy atom. The molecule has 6 heteroatoms. The highest BCUT2D eigenvalue weighted by Crippen LogP contribution is 2.30. The molecule has 0 saturated heterocycles. The fourth-order valence-electron chi connectivity index (χ4n) is 1.59. The van der Waals surface area contributed by atoms with Gasteiger partial charge in [0.05, 0.1) is 0 Å². The van der Waals surface area contributed by atoms with Crippen LogP contribution in [0.15, 0.2) is 18.2 Å². The van der Waals surface area contributed by atoms with Crippen molar-refractivity contribution in [1.82, 2.24) is 5.32 Å². The van der Waals surface area contributed by atoms with Crippen molar-refractivity contribution in [2.45, 2.75) is 19.4 Å². The van der Waals surface area contributed by atoms with Gasteiger partial charge in [0.15, 0.2) is 11.5 Å². The summed E-state index contributed by atoms with van der Waals surface area (Å²) in [6.07, 6.45) is 0. The van der Waals surface area contributed by atoms with E-state index in [4.69, 9.17) is 15.2 Å². The maximum Gasteiger partial charge on any atom is 0.251 e. The number of carbonyl (C=O) groups excluding carboxylic acids is 1. The van der Waals surface area contributed by atoms with Crippen LogP contribution in [0, 0.1) is 0 Å². The SMILES string of the molecule is CC(C)(N)CNC(=O)c1ccc2c(c1)OCCO2.Cl. The van der Waals surface area contributed by atoms with Gasteiger partial charge in [0, 0.05) is 17.6 Å². The molecule has 5 nitrogen and oxygen atoms in total. The molecule has 1 aromatic carbocycles. The van der Waals surface area contributed by atoms with Crippen LogP contribution in [0.25, 0.3) is 0 Å². The zero-order valence-corrected chi connectivity index (χ0v) is 11.9. The maximum absolute atomic E-state index is 11.9. The van der Waals surface area contributed by atoms with Crippen LogP contribution in [-0.4, -0.2) is 31.2 Å². The molecule has 0 atom stereocenters. The molecule has 0 fully saturated rings. The lowest BCUT2D eigenvalue weighted by atomic mass is 10.1. The number of hydrogen-bond donors (Lipinski definition) is 2. The lowest BCUT2D eigenvalue weighted by Gasteiger charge is -2.20. The van der Waals surface area contributed by atoms with Gasteiger partial charge in [-0.05, 0) is 32.0 Å². The van der Waals surface area contributed by atoms with Crippen molar-refractivity contribution in [3.05, 3.63) is 23.8 Å². The lowest BCUT2D eigenvalue weighted by molar-refractivity contribution is 0.0945. The summed E-state index contributed by atoms with van der Waals surface area (Å²) in [6.45, 7) is 5.18. The Balaban J connectivity index is 0.00000180. The average Bonchev–Trinajstić information content (AvgIpc) is 2.34. The molecule has 0 aromatic heterocycles. The monoisotopic (exact) mass is 286 g/mol. The standard InChI is InChI=1S/C13H18N2O3.ClH/c1-13(2,14)8-15-12(16)9-3-4-10-11(7-9)18-6-5-17-10;/h3-4,7H,5-6,8,14H2,1-2H3,(H,15,16);1H. The molecule has 0 aliphatic carbocycles. The van der Waals surface area contributed by atoms with E-state index in [1.54, 1.807) is 18.2 Å². The largest absolute Gasteiger partial charge is 0.486 e. The van der Waals surface area contributed by atoms with Crippen molar-refractivity contribution in [2.24, 2.45) is 5.73 Å². The zero-order valence-electron chi connectivity index (χ0n) is 11.1. The molecule has 1 aromatic rings. The summed E-state index contributed by atoms with van der Waals surface area (Å²) < 4.78 is 10.8. The quantitative estimate of drug-likeness (QED) is 0.880. The van der Waals surface area contributed by atoms with E-state index in [0.717, 1.165) is 0 Å². The second-order valence-electron chi connectivity index (χ2n) is 5.03. The minimum absolute atomic E-state index is 0. The summed E-state index contributed by atoms with van der Waals surface area (Å²) in [6, 6.07) is 5.15. The fraction of sp³-hybridized carbons (Fsp3) is 0.462. The zero-order chi connectivity index (χ0) is 13.2. The highest BCUT2D eigenvalue weighted by molar-refractivity contribution is 5.94. The number of ether oxygens (including phenoxy) is 2. The van der Waals surface area contributed by atoms with Gasteiger partial charge in [-0.2, -0.15) is 0 Å². The van der Waals surface area contributed by atoms with Crippen LogP contribution in [-0.2, 0) is 0 Å². The van der Waals surface area contributed by atoms with E-state index >= 15 is 0 Å². The van der Waals surface area contributed by atoms with Gasteiger partial charge in [0.2, 0.25) is 0 Å². The molecule has 106 valence electrons. The van der Waals surface area contributed by atoms with Crippen LogP contribution in [0.3, 0.4) is 0 Å². The van der Waals surface area contributed by atoms with Crippen LogP contribution in [0.4, 0.5) is 0 Å². The molecular formula is C13H19ClN2O3. The van der Waals surface area contributed by atoms with Crippen molar-refractivity contribution in [3.8, 4) is 11.5 Å². The number of benzene rings is 1. The maximum atomic E-state index is 11.9. The smallest absolute Gasteiger partial charge is 0.251 e. The van der Waals surface area contributed by atoms with Crippen molar-refractivity contribution >= 4 is 18.3 Å². The molecule has 3 N–H and O–H groups in total. The average molecular weight is 287 g/mol. The third-order valence-corrected chi connectivity index (χ3v) is 2.51. The van der Waals surface area contributed by atoms with Crippen LogP contribution in [0.2, 0.25) is 0 Å². The topological polar surface area (TPSA) is 73.6 Å². The van der Waals surface area contributed by atoms with E-state index < -0.39 is 5.54 Å². The van der Waals surface area contributed by atoms with E-state index in [9.17, 15) is 4.79 Å². The molecule has 0 bridgehead atoms. The minimum atomic E-state index is -0.427. The van der Waals surface area contributed by atoms with E-state index in [2.05, 4.69) is 5.32 Å². The Morgan fingerprint density at radius 3 is 2.58 bits per heavy atom. The van der Waals surface area contributed by atoms with Crippen LogP contribution in [0.5, 0.6) is 11.5 Å². The Kier molecular flexibility index (Phi) is 5.03. The van der Waals surface area contributed by atoms with Gasteiger partial charge in [0.25, 0.3) is 5.91 Å². The molecule has 0 unspecified atom stereocenters. The first-order valence-electron chi connectivity index (χ1n) is 5.92. The van der Waals surface area contributed by atoms with E-state index in [-0.39, 0.29) is 18.3 Å². The molecule has 2 rings (SSSR count). The summed E-state index contributed by atoms with van der Waals surface area (Å²) in [5.41, 5.74) is 5.93. The molecule has 1 amide bonds. The lowest BCUT2D eigenvalue weighted by Crippen LogP contribution is -2.45. The molecule has 0 radical (unpaired) electrons. The van der Waals surface area contributed by atoms with Gasteiger partial charge in [-0.3, -0.25) is 4.79 Å². The first-order chi connectivity index (χ1) is 8.46. The minimum Gasteiger partial charge on any atom is -0.486 e. The Bertz CT molecular complexity index is 458. The van der Waals surface area contributed by atoms with Gasteiger partial charge >= 0.3 is 0 Å². The van der Waals surface area contributed by atoms with Crippen LogP contribution >= 0.6 is 12.4 Å². The van der Waals surface area contributed by atoms with Gasteiger partial charge in [0.1, 0.15) is 13.2 Å². The third kappa shape index (κ3) is 4.29. The summed E-state index contributed by atoms with van der Waals surface area (Å²) >= 11 is 0. The first-order valence-corrected chi connectivity index (χ1v) is 5.92. The number of nitrogens with two attached hydrogens (primary N) is 1. The molecule has 0 spiro atoms. The highest BCUT2D eigenvalue weighted by Gasteiger charge is 2.16. The van der Waals surface area contributed by atoms with E-state index in [1.807, 2.05) is 13.8 Å². The first kappa shape index (κ1) is 15.6. The molecule has 19 heavy (non-hydrogen) atoms. The second kappa shape index (κ2) is 6.12. The van der Waals surface area contributed by atoms with Crippen molar-refractivity contribution in [3.63, 3.8) is 0 Å². The van der Waals surface area contributed by atoms with Gasteiger partial charge in [-0.15, -0.1) is 12.4 Å². The molecule has 1 aliphatic rings. The predicted molar refractivity (Wildman–Crippen MR) is 75.3 cm³/mol. The normalized spacial score (nSPS) is 13.4. The van der Waals surface area contributed by atoms with E-state index in [0.29, 0.717) is 36.8 Å². The van der Waals surface area contributed by atoms with Crippen LogP contribution in [0.1, 0.15) is 24.2 Å². The number of amides is 1. The highest BCUT2D eigenvalue weighted by atomic mass is 35.5. The molecule has 0 saturated carbocycles. The summed E-state index contributed by atoms with van der Waals surface area (Å²) in [7, 11) is 0. The van der Waals surface area contributed by atoms with Crippen molar-refractivity contribution in [2.75, 3.05) is 19.8 Å². The fourth-order valence-corrected chi connectivity index (χ4v) is 1.59. The summed E-state index contributed by atoms with van der Waals surface area (Å²) in [5, 5.41) is 2.79. The number of fused-ring (bicyclic) bond motifs is 1. The molecular weight excluding hydrogens is 268 g/mol. The second-order valence-corrected chi connectivity index (χ2v) is 5.03. The Morgan fingerprint density at radius 2 is 1.95 bits per heavy atom. The Labute approximate surface area is 118 Å². The number of hydrogen-bond acceptors (Lipinski definition) is 4. The molecule has 1 heterocycles. The number of carbonyl (C=O) groups is 1. The molecule has 1 aliphatic heterocycles. The van der Waals surface area contributed by atoms with Crippen LogP contribution < -0.4 is 20.5 Å². The van der Waals surface area contributed by atoms with Crippen molar-refractivity contribution in [1.29, 1.82) is 0 Å². The third-order valence-electron chi connectivity index (χ3n) is 2.51. The summed E-state index contributed by atoms with van der Waals surface area (Å²) in [5.74, 6) is 1.13. The number of halogens is 1. The number of nitrogens with one attached hydrogen (secondary N) is 1. The van der Waals surface area contributed by atoms with Gasteiger partial charge < -0.3 is 20.5 Å². The van der Waals surface area contributed by atoms with E-state index in [1.165, 1.54) is 0 Å².